The van der Waals surface area contributed by atoms with Crippen molar-refractivity contribution in [1.82, 2.24) is 30.2 Å². The Morgan fingerprint density at radius 2 is 1.54 bits per heavy atom. The molecular weight excluding hydrogens is 941 g/mol. The highest BCUT2D eigenvalue weighted by molar-refractivity contribution is 8.00. The molecule has 2 heterocycles. The lowest BCUT2D eigenvalue weighted by molar-refractivity contribution is -0.149. The molecule has 2 aliphatic heterocycles. The zero-order chi connectivity index (χ0) is 54.2. The van der Waals surface area contributed by atoms with Gasteiger partial charge in [-0.05, 0) is 68.6 Å². The largest absolute Gasteiger partial charge is 0.480 e. The summed E-state index contributed by atoms with van der Waals surface area (Å²) < 4.78 is 11.7. The molecule has 0 bridgehead atoms. The molecular formula is C54H88N6O11S. The number of aliphatic carboxylic acids is 1. The summed E-state index contributed by atoms with van der Waals surface area (Å²) in [6.07, 6.45) is 5.24. The van der Waals surface area contributed by atoms with Gasteiger partial charge in [0.1, 0.15) is 18.1 Å². The van der Waals surface area contributed by atoms with E-state index in [1.807, 2.05) is 67.7 Å². The number of unbranched alkanes of at least 4 members (excludes halogenated alkanes) is 2. The first-order valence-corrected chi connectivity index (χ1v) is 27.3. The number of nitrogens with zero attached hydrogens (tertiary/aromatic N) is 4. The number of hydrogen-bond acceptors (Lipinski definition) is 11. The number of hydrogen-bond donors (Lipinski definition) is 3. The standard InChI is InChI=1S/C54H88N6O11S/c1-15-35(7)47(41(70-12)32-44(63)59-29-23-26-40(59)48(71-13)36(8)49(64)55-39(53(68)69)30-37-24-19-17-20-25-37)58(11)52(67)45(33(3)4)56-50(65)46(34(5)6)57(10)42(61)27-21-18-22-28-60-43(62)31-38(51(60)66)54(9,16-2)72-14/h17,19-20,24-25,33-36,38-41,45-48H,15-16,18,21-23,26-32H2,1-14H3,(H,55,64)(H,56,65)(H,68,69)/t35-,36+,38?,39-,40-,41+,45-,46-,47-,48+,54?/m0/s1. The van der Waals surface area contributed by atoms with Gasteiger partial charge in [-0.15, -0.1) is 0 Å². The maximum atomic E-state index is 14.7. The van der Waals surface area contributed by atoms with E-state index >= 15 is 0 Å². The van der Waals surface area contributed by atoms with Gasteiger partial charge in [-0.25, -0.2) is 4.79 Å². The van der Waals surface area contributed by atoms with Crippen LogP contribution in [0.15, 0.2) is 30.3 Å². The Bertz CT molecular complexity index is 1980. The van der Waals surface area contributed by atoms with E-state index in [0.717, 1.165) is 12.0 Å². The summed E-state index contributed by atoms with van der Waals surface area (Å²) in [5, 5.41) is 15.6. The van der Waals surface area contributed by atoms with Crippen LogP contribution in [0, 0.1) is 29.6 Å². The monoisotopic (exact) mass is 1030 g/mol. The third kappa shape index (κ3) is 15.7. The number of carboxylic acid groups (broad SMARTS) is 1. The van der Waals surface area contributed by atoms with Gasteiger partial charge < -0.3 is 39.9 Å². The number of thioether (sulfide) groups is 1. The predicted molar refractivity (Wildman–Crippen MR) is 280 cm³/mol. The molecule has 2 saturated heterocycles. The molecule has 406 valence electrons. The summed E-state index contributed by atoms with van der Waals surface area (Å²) >= 11 is 1.62. The summed E-state index contributed by atoms with van der Waals surface area (Å²) in [7, 11) is 6.24. The number of benzene rings is 1. The number of likely N-dealkylation sites (N-methyl/N-ethyl adjacent to an activating group) is 2. The van der Waals surface area contributed by atoms with E-state index in [9.17, 15) is 43.5 Å². The molecule has 18 heteroatoms. The average molecular weight is 1030 g/mol. The molecule has 17 nitrogen and oxygen atoms in total. The fraction of sp³-hybridized carbons (Fsp3) is 0.741. The van der Waals surface area contributed by atoms with Crippen molar-refractivity contribution < 1.29 is 52.9 Å². The molecule has 72 heavy (non-hydrogen) atoms. The number of ether oxygens (including phenoxy) is 2. The van der Waals surface area contributed by atoms with Gasteiger partial charge >= 0.3 is 5.97 Å². The number of methoxy groups -OCH3 is 2. The lowest BCUT2D eigenvalue weighted by Gasteiger charge is -2.41. The van der Waals surface area contributed by atoms with E-state index in [4.69, 9.17) is 9.47 Å². The molecule has 2 aliphatic rings. The van der Waals surface area contributed by atoms with Crippen molar-refractivity contribution in [2.24, 2.45) is 29.6 Å². The van der Waals surface area contributed by atoms with Crippen molar-refractivity contribution in [2.45, 2.75) is 180 Å². The van der Waals surface area contributed by atoms with Gasteiger partial charge in [0, 0.05) is 65.4 Å². The molecule has 1 aromatic rings. The molecule has 2 unspecified atom stereocenters. The second-order valence-electron chi connectivity index (χ2n) is 20.9. The van der Waals surface area contributed by atoms with Crippen LogP contribution >= 0.6 is 11.8 Å². The number of likely N-dealkylation sites (tertiary alicyclic amines) is 2. The fourth-order valence-corrected chi connectivity index (χ4v) is 11.3. The molecule has 0 radical (unpaired) electrons. The number of carboxylic acids is 1. The Balaban J connectivity index is 1.69. The summed E-state index contributed by atoms with van der Waals surface area (Å²) in [4.78, 5) is 115. The van der Waals surface area contributed by atoms with Crippen LogP contribution in [-0.4, -0.2) is 167 Å². The number of rotatable bonds is 30. The average Bonchev–Trinajstić information content (AvgIpc) is 3.95. The topological polar surface area (TPSA) is 212 Å². The van der Waals surface area contributed by atoms with Gasteiger partial charge in [0.25, 0.3) is 0 Å². The predicted octanol–water partition coefficient (Wildman–Crippen LogP) is 5.81. The molecule has 3 rings (SSSR count). The van der Waals surface area contributed by atoms with Gasteiger partial charge in [0.2, 0.25) is 41.4 Å². The van der Waals surface area contributed by atoms with E-state index < -0.39 is 66.1 Å². The van der Waals surface area contributed by atoms with Gasteiger partial charge in [-0.1, -0.05) is 98.6 Å². The van der Waals surface area contributed by atoms with Gasteiger partial charge in [0.05, 0.1) is 42.5 Å². The number of amides is 7. The summed E-state index contributed by atoms with van der Waals surface area (Å²) in [5.74, 6) is -5.16. The molecule has 7 amide bonds. The summed E-state index contributed by atoms with van der Waals surface area (Å²) in [5.41, 5.74) is 0.763. The van der Waals surface area contributed by atoms with Crippen molar-refractivity contribution in [3.63, 3.8) is 0 Å². The van der Waals surface area contributed by atoms with E-state index in [-0.39, 0.29) is 83.6 Å². The maximum Gasteiger partial charge on any atom is 0.326 e. The van der Waals surface area contributed by atoms with Crippen molar-refractivity contribution in [2.75, 3.05) is 47.7 Å². The molecule has 2 fully saturated rings. The van der Waals surface area contributed by atoms with Crippen LogP contribution in [0.2, 0.25) is 0 Å². The van der Waals surface area contributed by atoms with E-state index in [0.29, 0.717) is 51.6 Å². The Kier molecular flexibility index (Phi) is 24.7. The van der Waals surface area contributed by atoms with Gasteiger partial charge in [-0.2, -0.15) is 11.8 Å². The summed E-state index contributed by atoms with van der Waals surface area (Å²) in [6.45, 7) is 17.8. The molecule has 1 aromatic carbocycles. The van der Waals surface area contributed by atoms with Crippen LogP contribution in [0.4, 0.5) is 0 Å². The normalized spacial score (nSPS) is 20.3. The van der Waals surface area contributed by atoms with E-state index in [1.165, 1.54) is 24.0 Å². The number of carbonyl (C=O) groups is 8. The van der Waals surface area contributed by atoms with Crippen molar-refractivity contribution in [3.05, 3.63) is 35.9 Å². The SMILES string of the molecule is CC[C@H](C)[C@@H]([C@@H](CC(=O)N1CCC[C@H]1[C@H](OC)[C@@H](C)C(=O)N[C@@H](Cc1ccccc1)C(=O)O)OC)N(C)C(=O)[C@@H](NC(=O)[C@H](C(C)C)N(C)C(=O)CCCCCN1C(=O)CC(C(C)(CC)SC)C1=O)C(C)C. The molecule has 11 atom stereocenters. The molecule has 0 spiro atoms. The van der Waals surface area contributed by atoms with E-state index in [2.05, 4.69) is 10.6 Å². The van der Waals surface area contributed by atoms with Crippen molar-refractivity contribution in [3.8, 4) is 0 Å². The summed E-state index contributed by atoms with van der Waals surface area (Å²) in [6, 6.07) is 4.97. The quantitative estimate of drug-likeness (QED) is 0.0616. The molecule has 0 aromatic heterocycles. The maximum absolute atomic E-state index is 14.7. The third-order valence-corrected chi connectivity index (χ3v) is 17.0. The van der Waals surface area contributed by atoms with Crippen LogP contribution in [0.1, 0.15) is 132 Å². The van der Waals surface area contributed by atoms with Crippen LogP contribution in [0.25, 0.3) is 0 Å². The first kappa shape index (κ1) is 61.7. The van der Waals surface area contributed by atoms with Gasteiger partial charge in [-0.3, -0.25) is 38.5 Å². The smallest absolute Gasteiger partial charge is 0.326 e. The zero-order valence-electron chi connectivity index (χ0n) is 45.7. The lowest BCUT2D eigenvalue weighted by atomic mass is 9.89. The lowest BCUT2D eigenvalue weighted by Crippen LogP contribution is -2.60. The van der Waals surface area contributed by atoms with E-state index in [1.54, 1.807) is 66.8 Å². The molecule has 0 aliphatic carbocycles. The second kappa shape index (κ2) is 28.8. The number of nitrogens with one attached hydrogen (secondary N) is 2. The minimum atomic E-state index is -1.16. The molecule has 3 N–H and O–H groups in total. The minimum Gasteiger partial charge on any atom is -0.480 e. The van der Waals surface area contributed by atoms with Crippen LogP contribution in [-0.2, 0) is 54.3 Å². The van der Waals surface area contributed by atoms with Crippen LogP contribution in [0.3, 0.4) is 0 Å². The van der Waals surface area contributed by atoms with Crippen molar-refractivity contribution >= 4 is 59.1 Å². The number of carbonyl (C=O) groups excluding carboxylic acids is 7. The zero-order valence-corrected chi connectivity index (χ0v) is 46.6. The highest BCUT2D eigenvalue weighted by Crippen LogP contribution is 2.41. The third-order valence-electron chi connectivity index (χ3n) is 15.5. The first-order chi connectivity index (χ1) is 33.9. The Hall–Kier alpha value is -4.55. The Morgan fingerprint density at radius 1 is 0.889 bits per heavy atom. The highest BCUT2D eigenvalue weighted by atomic mass is 32.2. The first-order valence-electron chi connectivity index (χ1n) is 26.1. The second-order valence-corrected chi connectivity index (χ2v) is 22.3. The Morgan fingerprint density at radius 3 is 2.08 bits per heavy atom. The van der Waals surface area contributed by atoms with Gasteiger partial charge in [0.15, 0.2) is 0 Å². The fourth-order valence-electron chi connectivity index (χ4n) is 10.5. The van der Waals surface area contributed by atoms with Crippen LogP contribution < -0.4 is 10.6 Å². The minimum absolute atomic E-state index is 0.0819. The highest BCUT2D eigenvalue weighted by Gasteiger charge is 2.48. The Labute approximate surface area is 434 Å². The molecule has 0 saturated carbocycles. The number of imide groups is 1. The van der Waals surface area contributed by atoms with Crippen molar-refractivity contribution in [1.29, 1.82) is 0 Å². The van der Waals surface area contributed by atoms with Crippen LogP contribution in [0.5, 0.6) is 0 Å².